The molecule has 1 N–H and O–H groups in total. The number of fused-ring (bicyclic) bond motifs is 1. The Morgan fingerprint density at radius 3 is 2.66 bits per heavy atom. The largest absolute Gasteiger partial charge is 0.460 e. The molecule has 0 radical (unpaired) electrons. The van der Waals surface area contributed by atoms with E-state index >= 15 is 0 Å². The molecule has 174 valence electrons. The molecule has 5 aromatic rings. The summed E-state index contributed by atoms with van der Waals surface area (Å²) in [6.07, 6.45) is 6.15. The van der Waals surface area contributed by atoms with E-state index in [4.69, 9.17) is 14.5 Å². The number of rotatable bonds is 5. The topological polar surface area (TPSA) is 92.8 Å². The van der Waals surface area contributed by atoms with E-state index in [1.165, 1.54) is 0 Å². The minimum Gasteiger partial charge on any atom is -0.460 e. The second-order valence-corrected chi connectivity index (χ2v) is 8.73. The molecule has 4 aromatic heterocycles. The Balaban J connectivity index is 1.30. The highest BCUT2D eigenvalue weighted by molar-refractivity contribution is 5.58. The summed E-state index contributed by atoms with van der Waals surface area (Å²) in [4.78, 5) is 27.0. The summed E-state index contributed by atoms with van der Waals surface area (Å²) in [6, 6.07) is 17.6. The van der Waals surface area contributed by atoms with Crippen LogP contribution in [0.2, 0.25) is 0 Å². The van der Waals surface area contributed by atoms with Gasteiger partial charge in [0.15, 0.2) is 5.76 Å². The molecule has 0 fully saturated rings. The fraction of sp³-hybridized carbons (Fsp3) is 0.185. The minimum absolute atomic E-state index is 0.0895. The lowest BCUT2D eigenvalue weighted by atomic mass is 10.1. The third kappa shape index (κ3) is 4.20. The van der Waals surface area contributed by atoms with Crippen LogP contribution < -0.4 is 5.56 Å². The van der Waals surface area contributed by atoms with Gasteiger partial charge in [-0.1, -0.05) is 18.2 Å². The highest BCUT2D eigenvalue weighted by Gasteiger charge is 2.24. The Labute approximate surface area is 201 Å². The van der Waals surface area contributed by atoms with Crippen molar-refractivity contribution in [3.05, 3.63) is 106 Å². The van der Waals surface area contributed by atoms with Crippen LogP contribution in [0.5, 0.6) is 0 Å². The standard InChI is InChI=1S/C27H24N6O2/c1-18-7-8-24(35-18)25-20(16-33(31-25)21-5-3-2-4-6-21)15-32-14-11-23-22(17-32)27(34)30-26(29-23)19-9-12-28-13-10-19/h2-10,12-13,16H,11,14-15,17H2,1H3,(H,29,30,34). The molecular weight excluding hydrogens is 440 g/mol. The fourth-order valence-electron chi connectivity index (χ4n) is 4.51. The Kier molecular flexibility index (Phi) is 5.35. The molecule has 0 aliphatic carbocycles. The van der Waals surface area contributed by atoms with Gasteiger partial charge >= 0.3 is 0 Å². The monoisotopic (exact) mass is 464 g/mol. The molecule has 1 aliphatic rings. The van der Waals surface area contributed by atoms with E-state index in [1.54, 1.807) is 12.4 Å². The van der Waals surface area contributed by atoms with Gasteiger partial charge in [-0.15, -0.1) is 0 Å². The number of aromatic nitrogens is 5. The zero-order valence-corrected chi connectivity index (χ0v) is 19.3. The van der Waals surface area contributed by atoms with Crippen LogP contribution in [-0.2, 0) is 19.5 Å². The third-order valence-electron chi connectivity index (χ3n) is 6.28. The van der Waals surface area contributed by atoms with Crippen molar-refractivity contribution in [1.29, 1.82) is 0 Å². The van der Waals surface area contributed by atoms with Crippen LogP contribution in [0.25, 0.3) is 28.5 Å². The summed E-state index contributed by atoms with van der Waals surface area (Å²) >= 11 is 0. The Bertz CT molecular complexity index is 1540. The molecule has 35 heavy (non-hydrogen) atoms. The molecular formula is C27H24N6O2. The fourth-order valence-corrected chi connectivity index (χ4v) is 4.51. The number of H-pyrrole nitrogens is 1. The predicted octanol–water partition coefficient (Wildman–Crippen LogP) is 4.14. The lowest BCUT2D eigenvalue weighted by Gasteiger charge is -2.27. The van der Waals surface area contributed by atoms with Crippen LogP contribution >= 0.6 is 0 Å². The molecule has 1 aromatic carbocycles. The molecule has 6 rings (SSSR count). The summed E-state index contributed by atoms with van der Waals surface area (Å²) in [6.45, 7) is 3.90. The van der Waals surface area contributed by atoms with Gasteiger partial charge < -0.3 is 9.40 Å². The molecule has 8 nitrogen and oxygen atoms in total. The molecule has 0 saturated carbocycles. The number of hydrogen-bond acceptors (Lipinski definition) is 6. The maximum atomic E-state index is 13.0. The van der Waals surface area contributed by atoms with E-state index < -0.39 is 0 Å². The minimum atomic E-state index is -0.0895. The van der Waals surface area contributed by atoms with Gasteiger partial charge in [0, 0.05) is 55.8 Å². The quantitative estimate of drug-likeness (QED) is 0.420. The second-order valence-electron chi connectivity index (χ2n) is 8.73. The van der Waals surface area contributed by atoms with Gasteiger partial charge in [-0.05, 0) is 43.3 Å². The maximum absolute atomic E-state index is 13.0. The average Bonchev–Trinajstić information content (AvgIpc) is 3.51. The summed E-state index contributed by atoms with van der Waals surface area (Å²) < 4.78 is 7.80. The summed E-state index contributed by atoms with van der Waals surface area (Å²) in [5.74, 6) is 2.17. The average molecular weight is 465 g/mol. The van der Waals surface area contributed by atoms with E-state index in [1.807, 2.05) is 72.4 Å². The van der Waals surface area contributed by atoms with Crippen molar-refractivity contribution in [2.24, 2.45) is 0 Å². The van der Waals surface area contributed by atoms with Gasteiger partial charge in [0.05, 0.1) is 16.9 Å². The number of aryl methyl sites for hydroxylation is 1. The van der Waals surface area contributed by atoms with Gasteiger partial charge in [-0.2, -0.15) is 5.10 Å². The number of para-hydroxylation sites is 1. The number of hydrogen-bond donors (Lipinski definition) is 1. The van der Waals surface area contributed by atoms with Gasteiger partial charge in [0.2, 0.25) is 0 Å². The van der Waals surface area contributed by atoms with Crippen molar-refractivity contribution in [3.63, 3.8) is 0 Å². The Morgan fingerprint density at radius 1 is 1.06 bits per heavy atom. The Hall–Kier alpha value is -4.30. The third-order valence-corrected chi connectivity index (χ3v) is 6.28. The molecule has 8 heteroatoms. The SMILES string of the molecule is Cc1ccc(-c2nn(-c3ccccc3)cc2CN2CCc3nc(-c4ccncc4)[nH]c(=O)c3C2)o1. The summed E-state index contributed by atoms with van der Waals surface area (Å²) in [5.41, 5.74) is 5.19. The van der Waals surface area contributed by atoms with Crippen LogP contribution in [-0.4, -0.2) is 36.2 Å². The number of pyridine rings is 1. The molecule has 0 unspecified atom stereocenters. The van der Waals surface area contributed by atoms with Gasteiger partial charge in [0.25, 0.3) is 5.56 Å². The zero-order chi connectivity index (χ0) is 23.8. The molecule has 0 saturated heterocycles. The van der Waals surface area contributed by atoms with Crippen molar-refractivity contribution < 1.29 is 4.42 Å². The van der Waals surface area contributed by atoms with E-state index in [2.05, 4.69) is 14.9 Å². The van der Waals surface area contributed by atoms with Crippen LogP contribution in [0.1, 0.15) is 22.6 Å². The first-order valence-corrected chi connectivity index (χ1v) is 11.6. The normalized spacial score (nSPS) is 13.6. The molecule has 0 spiro atoms. The lowest BCUT2D eigenvalue weighted by Crippen LogP contribution is -2.35. The highest BCUT2D eigenvalue weighted by atomic mass is 16.3. The Morgan fingerprint density at radius 2 is 1.89 bits per heavy atom. The number of furan rings is 1. The number of nitrogens with one attached hydrogen (secondary N) is 1. The first-order chi connectivity index (χ1) is 17.1. The van der Waals surface area contributed by atoms with E-state index in [9.17, 15) is 4.79 Å². The number of aromatic amines is 1. The van der Waals surface area contributed by atoms with Crippen molar-refractivity contribution in [3.8, 4) is 28.5 Å². The van der Waals surface area contributed by atoms with Gasteiger partial charge in [-0.3, -0.25) is 14.7 Å². The van der Waals surface area contributed by atoms with Crippen molar-refractivity contribution in [2.75, 3.05) is 6.54 Å². The molecule has 0 bridgehead atoms. The molecule has 0 amide bonds. The lowest BCUT2D eigenvalue weighted by molar-refractivity contribution is 0.242. The van der Waals surface area contributed by atoms with Crippen LogP contribution in [0.15, 0.2) is 82.4 Å². The van der Waals surface area contributed by atoms with E-state index in [0.29, 0.717) is 25.3 Å². The predicted molar refractivity (Wildman–Crippen MR) is 132 cm³/mol. The summed E-state index contributed by atoms with van der Waals surface area (Å²) in [7, 11) is 0. The zero-order valence-electron chi connectivity index (χ0n) is 19.3. The molecule has 1 aliphatic heterocycles. The number of nitrogens with zero attached hydrogens (tertiary/aromatic N) is 5. The van der Waals surface area contributed by atoms with Crippen molar-refractivity contribution >= 4 is 0 Å². The smallest absolute Gasteiger partial charge is 0.255 e. The van der Waals surface area contributed by atoms with E-state index in [0.717, 1.165) is 51.8 Å². The van der Waals surface area contributed by atoms with Crippen LogP contribution in [0.4, 0.5) is 0 Å². The highest BCUT2D eigenvalue weighted by Crippen LogP contribution is 2.28. The maximum Gasteiger partial charge on any atom is 0.255 e. The first-order valence-electron chi connectivity index (χ1n) is 11.6. The van der Waals surface area contributed by atoms with E-state index in [-0.39, 0.29) is 5.56 Å². The molecule has 0 atom stereocenters. The first kappa shape index (κ1) is 21.2. The second kappa shape index (κ2) is 8.81. The van der Waals surface area contributed by atoms with Gasteiger partial charge in [0.1, 0.15) is 17.3 Å². The number of benzene rings is 1. The van der Waals surface area contributed by atoms with Crippen molar-refractivity contribution in [1.82, 2.24) is 29.6 Å². The van der Waals surface area contributed by atoms with Crippen LogP contribution in [0.3, 0.4) is 0 Å². The van der Waals surface area contributed by atoms with Crippen LogP contribution in [0, 0.1) is 6.92 Å². The molecule has 5 heterocycles. The summed E-state index contributed by atoms with van der Waals surface area (Å²) in [5, 5.41) is 4.85. The van der Waals surface area contributed by atoms with Crippen molar-refractivity contribution in [2.45, 2.75) is 26.4 Å². The van der Waals surface area contributed by atoms with Gasteiger partial charge in [-0.25, -0.2) is 9.67 Å².